The third-order valence-electron chi connectivity index (χ3n) is 5.57. The number of carbonyl (C=O) groups excluding carboxylic acids is 3. The third-order valence-corrected chi connectivity index (χ3v) is 5.57. The van der Waals surface area contributed by atoms with Crippen molar-refractivity contribution in [1.82, 2.24) is 0 Å². The van der Waals surface area contributed by atoms with Crippen molar-refractivity contribution in [3.05, 3.63) is 54.1 Å². The van der Waals surface area contributed by atoms with Crippen LogP contribution in [0.1, 0.15) is 43.0 Å². The number of benzene rings is 2. The fourth-order valence-electron chi connectivity index (χ4n) is 3.85. The van der Waals surface area contributed by atoms with Gasteiger partial charge in [-0.05, 0) is 49.6 Å². The molecule has 31 heavy (non-hydrogen) atoms. The van der Waals surface area contributed by atoms with Gasteiger partial charge in [0.15, 0.2) is 0 Å². The monoisotopic (exact) mass is 422 g/mol. The van der Waals surface area contributed by atoms with Crippen molar-refractivity contribution in [1.29, 1.82) is 0 Å². The van der Waals surface area contributed by atoms with Crippen LogP contribution in [-0.2, 0) is 14.3 Å². The molecule has 0 aromatic heterocycles. The van der Waals surface area contributed by atoms with Crippen LogP contribution in [0.3, 0.4) is 0 Å². The summed E-state index contributed by atoms with van der Waals surface area (Å²) in [4.78, 5) is 38.5. The van der Waals surface area contributed by atoms with Gasteiger partial charge in [-0.2, -0.15) is 0 Å². The number of carbonyl (C=O) groups is 3. The van der Waals surface area contributed by atoms with E-state index in [4.69, 9.17) is 9.47 Å². The van der Waals surface area contributed by atoms with Gasteiger partial charge in [0.2, 0.25) is 11.8 Å². The maximum atomic E-state index is 12.9. The molecule has 0 spiro atoms. The number of imide groups is 1. The lowest BCUT2D eigenvalue weighted by atomic mass is 10.1. The minimum absolute atomic E-state index is 0.0621. The topological polar surface area (TPSA) is 84.9 Å². The molecule has 2 atom stereocenters. The minimum Gasteiger partial charge on any atom is -0.489 e. The minimum atomic E-state index is -0.348. The summed E-state index contributed by atoms with van der Waals surface area (Å²) in [6.45, 7) is 2.91. The van der Waals surface area contributed by atoms with Gasteiger partial charge < -0.3 is 14.8 Å². The molecule has 3 amide bonds. The third kappa shape index (κ3) is 4.77. The number of anilines is 2. The molecule has 1 N–H and O–H groups in total. The van der Waals surface area contributed by atoms with Crippen LogP contribution in [0.5, 0.6) is 5.75 Å². The summed E-state index contributed by atoms with van der Waals surface area (Å²) in [7, 11) is 0. The predicted molar refractivity (Wildman–Crippen MR) is 116 cm³/mol. The molecule has 2 aliphatic heterocycles. The largest absolute Gasteiger partial charge is 0.489 e. The van der Waals surface area contributed by atoms with Gasteiger partial charge in [0.1, 0.15) is 12.4 Å². The number of hydrogen-bond donors (Lipinski definition) is 1. The van der Waals surface area contributed by atoms with Gasteiger partial charge in [0, 0.05) is 24.5 Å². The lowest BCUT2D eigenvalue weighted by Gasteiger charge is -2.23. The second-order valence-corrected chi connectivity index (χ2v) is 7.97. The molecule has 2 heterocycles. The first kappa shape index (κ1) is 21.1. The Morgan fingerprint density at radius 2 is 2.00 bits per heavy atom. The standard InChI is InChI=1S/C24H26N2O5/c1-16-13-22(27)26(24(16)29)18-8-6-7-17(14-18)23(28)25-20-10-2-3-11-21(20)31-15-19-9-4-5-12-30-19/h2-3,6-8,10-11,14,16,19H,4-5,9,12-13,15H2,1H3,(H,25,28)/t16-,19+/m1/s1. The van der Waals surface area contributed by atoms with Crippen LogP contribution in [-0.4, -0.2) is 37.0 Å². The Bertz CT molecular complexity index is 983. The van der Waals surface area contributed by atoms with E-state index in [0.29, 0.717) is 29.3 Å². The molecular weight excluding hydrogens is 396 g/mol. The molecule has 0 aliphatic carbocycles. The van der Waals surface area contributed by atoms with E-state index in [1.54, 1.807) is 43.3 Å². The van der Waals surface area contributed by atoms with Crippen LogP contribution in [0, 0.1) is 5.92 Å². The predicted octanol–water partition coefficient (Wildman–Crippen LogP) is 3.79. The molecule has 2 aromatic rings. The SMILES string of the molecule is C[C@@H]1CC(=O)N(c2cccc(C(=O)Nc3ccccc3OC[C@@H]3CCCCO3)c2)C1=O. The molecule has 7 nitrogen and oxygen atoms in total. The van der Waals surface area contributed by atoms with Crippen LogP contribution < -0.4 is 15.0 Å². The number of nitrogens with one attached hydrogen (secondary N) is 1. The number of amides is 3. The first-order valence-corrected chi connectivity index (χ1v) is 10.6. The summed E-state index contributed by atoms with van der Waals surface area (Å²) in [6.07, 6.45) is 3.42. The van der Waals surface area contributed by atoms with Gasteiger partial charge in [-0.1, -0.05) is 25.1 Å². The highest BCUT2D eigenvalue weighted by Crippen LogP contribution is 2.28. The summed E-state index contributed by atoms with van der Waals surface area (Å²) < 4.78 is 11.6. The van der Waals surface area contributed by atoms with E-state index in [9.17, 15) is 14.4 Å². The lowest BCUT2D eigenvalue weighted by molar-refractivity contribution is -0.122. The summed E-state index contributed by atoms with van der Waals surface area (Å²) in [5, 5.41) is 2.87. The Balaban J connectivity index is 1.46. The second-order valence-electron chi connectivity index (χ2n) is 7.97. The molecule has 0 unspecified atom stereocenters. The smallest absolute Gasteiger partial charge is 0.255 e. The van der Waals surface area contributed by atoms with Crippen molar-refractivity contribution in [3.8, 4) is 5.75 Å². The second kappa shape index (κ2) is 9.31. The highest BCUT2D eigenvalue weighted by Gasteiger charge is 2.36. The van der Waals surface area contributed by atoms with Crippen molar-refractivity contribution in [3.63, 3.8) is 0 Å². The van der Waals surface area contributed by atoms with Crippen LogP contribution >= 0.6 is 0 Å². The summed E-state index contributed by atoms with van der Waals surface area (Å²) in [5.74, 6) is -0.619. The zero-order valence-electron chi connectivity index (χ0n) is 17.5. The van der Waals surface area contributed by atoms with Gasteiger partial charge in [-0.15, -0.1) is 0 Å². The van der Waals surface area contributed by atoms with E-state index in [0.717, 1.165) is 30.8 Å². The van der Waals surface area contributed by atoms with Crippen molar-refractivity contribution in [2.45, 2.75) is 38.7 Å². The van der Waals surface area contributed by atoms with Gasteiger partial charge in [-0.25, -0.2) is 0 Å². The maximum absolute atomic E-state index is 12.9. The number of hydrogen-bond acceptors (Lipinski definition) is 5. The fourth-order valence-corrected chi connectivity index (χ4v) is 3.85. The summed E-state index contributed by atoms with van der Waals surface area (Å²) in [6, 6.07) is 13.8. The fraction of sp³-hybridized carbons (Fsp3) is 0.375. The van der Waals surface area contributed by atoms with Crippen LogP contribution in [0.2, 0.25) is 0 Å². The molecule has 0 bridgehead atoms. The lowest BCUT2D eigenvalue weighted by Crippen LogP contribution is -2.30. The Labute approximate surface area is 181 Å². The average molecular weight is 422 g/mol. The van der Waals surface area contributed by atoms with Crippen molar-refractivity contribution in [2.24, 2.45) is 5.92 Å². The molecule has 162 valence electrons. The van der Waals surface area contributed by atoms with E-state index in [-0.39, 0.29) is 36.2 Å². The molecule has 0 radical (unpaired) electrons. The maximum Gasteiger partial charge on any atom is 0.255 e. The van der Waals surface area contributed by atoms with E-state index < -0.39 is 0 Å². The van der Waals surface area contributed by atoms with E-state index in [2.05, 4.69) is 5.32 Å². The number of ether oxygens (including phenoxy) is 2. The number of para-hydroxylation sites is 2. The van der Waals surface area contributed by atoms with Crippen molar-refractivity contribution in [2.75, 3.05) is 23.4 Å². The van der Waals surface area contributed by atoms with Crippen molar-refractivity contribution < 1.29 is 23.9 Å². The normalized spacial score (nSPS) is 21.3. The molecule has 4 rings (SSSR count). The zero-order chi connectivity index (χ0) is 21.8. The highest BCUT2D eigenvalue weighted by molar-refractivity contribution is 6.21. The number of nitrogens with zero attached hydrogens (tertiary/aromatic N) is 1. The molecule has 2 aromatic carbocycles. The average Bonchev–Trinajstić information content (AvgIpc) is 3.05. The molecular formula is C24H26N2O5. The van der Waals surface area contributed by atoms with Crippen LogP contribution in [0.25, 0.3) is 0 Å². The highest BCUT2D eigenvalue weighted by atomic mass is 16.5. The Kier molecular flexibility index (Phi) is 6.32. The van der Waals surface area contributed by atoms with E-state index in [1.165, 1.54) is 0 Å². The molecule has 2 saturated heterocycles. The van der Waals surface area contributed by atoms with Gasteiger partial charge in [0.25, 0.3) is 5.91 Å². The first-order chi connectivity index (χ1) is 15.0. The number of rotatable bonds is 6. The molecule has 2 fully saturated rings. The summed E-state index contributed by atoms with van der Waals surface area (Å²) >= 11 is 0. The van der Waals surface area contributed by atoms with Crippen LogP contribution in [0.15, 0.2) is 48.5 Å². The summed E-state index contributed by atoms with van der Waals surface area (Å²) in [5.41, 5.74) is 1.31. The first-order valence-electron chi connectivity index (χ1n) is 10.6. The van der Waals surface area contributed by atoms with E-state index in [1.807, 2.05) is 12.1 Å². The molecule has 7 heteroatoms. The molecule has 0 saturated carbocycles. The van der Waals surface area contributed by atoms with Crippen molar-refractivity contribution >= 4 is 29.1 Å². The van der Waals surface area contributed by atoms with Gasteiger partial charge >= 0.3 is 0 Å². The Morgan fingerprint density at radius 1 is 1.16 bits per heavy atom. The quantitative estimate of drug-likeness (QED) is 0.716. The Hall–Kier alpha value is -3.19. The molecule has 2 aliphatic rings. The van der Waals surface area contributed by atoms with E-state index >= 15 is 0 Å². The Morgan fingerprint density at radius 3 is 2.74 bits per heavy atom. The van der Waals surface area contributed by atoms with Gasteiger partial charge in [-0.3, -0.25) is 19.3 Å². The van der Waals surface area contributed by atoms with Crippen LogP contribution in [0.4, 0.5) is 11.4 Å². The zero-order valence-corrected chi connectivity index (χ0v) is 17.5. The van der Waals surface area contributed by atoms with Gasteiger partial charge in [0.05, 0.1) is 17.5 Å².